The topological polar surface area (TPSA) is 15.3 Å². The van der Waals surface area contributed by atoms with Crippen molar-refractivity contribution >= 4 is 10.9 Å². The van der Waals surface area contributed by atoms with E-state index in [1.54, 1.807) is 0 Å². The maximum atomic E-state index is 3.54. The van der Waals surface area contributed by atoms with Crippen molar-refractivity contribution in [3.63, 3.8) is 0 Å². The summed E-state index contributed by atoms with van der Waals surface area (Å²) in [5, 5.41) is 4.31. The molecule has 0 radical (unpaired) electrons. The normalized spacial score (nSPS) is 30.3. The van der Waals surface area contributed by atoms with Crippen molar-refractivity contribution in [2.45, 2.75) is 5.37 Å². The van der Waals surface area contributed by atoms with Gasteiger partial charge in [0.05, 0.1) is 0 Å². The molecule has 0 spiro atoms. The zero-order valence-corrected chi connectivity index (χ0v) is 7.99. The maximum absolute atomic E-state index is 3.54. The van der Waals surface area contributed by atoms with Gasteiger partial charge in [-0.1, -0.05) is 0 Å². The maximum Gasteiger partial charge on any atom is 0.0479 e. The molecule has 1 atom stereocenters. The van der Waals surface area contributed by atoms with Crippen molar-refractivity contribution in [2.24, 2.45) is 0 Å². The molecule has 0 aromatic rings. The van der Waals surface area contributed by atoms with Crippen LogP contribution in [0.3, 0.4) is 0 Å². The van der Waals surface area contributed by atoms with E-state index in [4.69, 9.17) is 0 Å². The number of likely N-dealkylation sites (N-methyl/N-ethyl adjacent to an activating group) is 1. The summed E-state index contributed by atoms with van der Waals surface area (Å²) in [5.74, 6) is 0. The molecular formula is C7H18N2S. The highest BCUT2D eigenvalue weighted by Crippen LogP contribution is 2.21. The van der Waals surface area contributed by atoms with Gasteiger partial charge in [0.25, 0.3) is 0 Å². The van der Waals surface area contributed by atoms with Gasteiger partial charge in [-0.25, -0.2) is 10.9 Å². The Morgan fingerprint density at radius 3 is 2.60 bits per heavy atom. The average molecular weight is 162 g/mol. The number of rotatable bonds is 1. The van der Waals surface area contributed by atoms with Gasteiger partial charge >= 0.3 is 0 Å². The van der Waals surface area contributed by atoms with Crippen molar-refractivity contribution < 1.29 is 0 Å². The lowest BCUT2D eigenvalue weighted by Gasteiger charge is -2.34. The zero-order chi connectivity index (χ0) is 7.56. The first-order valence-corrected chi connectivity index (χ1v) is 6.09. The van der Waals surface area contributed by atoms with Crippen LogP contribution in [0.4, 0.5) is 0 Å². The van der Waals surface area contributed by atoms with Gasteiger partial charge < -0.3 is 10.2 Å². The highest BCUT2D eigenvalue weighted by atomic mass is 32.2. The van der Waals surface area contributed by atoms with Crippen molar-refractivity contribution in [3.8, 4) is 0 Å². The van der Waals surface area contributed by atoms with Crippen LogP contribution in [0.2, 0.25) is 0 Å². The summed E-state index contributed by atoms with van der Waals surface area (Å²) >= 11 is 0. The van der Waals surface area contributed by atoms with Gasteiger partial charge in [-0.15, -0.1) is 0 Å². The molecule has 1 N–H and O–H groups in total. The summed E-state index contributed by atoms with van der Waals surface area (Å²) in [6, 6.07) is 0. The van der Waals surface area contributed by atoms with Gasteiger partial charge in [-0.3, -0.25) is 0 Å². The average Bonchev–Trinajstić information content (AvgIpc) is 1.88. The van der Waals surface area contributed by atoms with Crippen molar-refractivity contribution in [2.75, 3.05) is 39.2 Å². The van der Waals surface area contributed by atoms with Crippen LogP contribution in [0, 0.1) is 0 Å². The first-order chi connectivity index (χ1) is 4.70. The van der Waals surface area contributed by atoms with E-state index in [1.165, 1.54) is 19.6 Å². The van der Waals surface area contributed by atoms with Crippen LogP contribution in [0.5, 0.6) is 0 Å². The monoisotopic (exact) mass is 162 g/mol. The lowest BCUT2D eigenvalue weighted by atomic mass is 10.4. The number of piperazine rings is 1. The van der Waals surface area contributed by atoms with Crippen LogP contribution in [-0.4, -0.2) is 49.5 Å². The molecule has 1 rings (SSSR count). The Hall–Kier alpha value is 0.270. The lowest BCUT2D eigenvalue weighted by Crippen LogP contribution is -2.48. The third-order valence-electron chi connectivity index (χ3n) is 1.98. The number of nitrogens with one attached hydrogen (secondary N) is 1. The highest BCUT2D eigenvalue weighted by Gasteiger charge is 2.16. The third-order valence-corrected chi connectivity index (χ3v) is 3.57. The first kappa shape index (κ1) is 8.37. The fourth-order valence-corrected chi connectivity index (χ4v) is 2.32. The fraction of sp³-hybridized carbons (Fsp3) is 1.00. The largest absolute Gasteiger partial charge is 0.304 e. The van der Waals surface area contributed by atoms with E-state index >= 15 is 0 Å². The van der Waals surface area contributed by atoms with Gasteiger partial charge in [-0.2, -0.15) is 0 Å². The van der Waals surface area contributed by atoms with E-state index in [2.05, 4.69) is 29.8 Å². The predicted octanol–water partition coefficient (Wildman–Crippen LogP) is 0.108. The molecule has 1 aliphatic heterocycles. The van der Waals surface area contributed by atoms with Gasteiger partial charge in [0.2, 0.25) is 0 Å². The fourth-order valence-electron chi connectivity index (χ4n) is 1.22. The van der Waals surface area contributed by atoms with E-state index in [9.17, 15) is 0 Å². The molecule has 2 nitrogen and oxygen atoms in total. The van der Waals surface area contributed by atoms with Crippen molar-refractivity contribution in [1.82, 2.24) is 10.2 Å². The minimum absolute atomic E-state index is 0.202. The van der Waals surface area contributed by atoms with Crippen LogP contribution in [0.15, 0.2) is 0 Å². The minimum Gasteiger partial charge on any atom is -0.304 e. The molecule has 1 fully saturated rings. The molecule has 0 amide bonds. The van der Waals surface area contributed by atoms with E-state index in [0.717, 1.165) is 5.37 Å². The summed E-state index contributed by atoms with van der Waals surface area (Å²) in [6.07, 6.45) is 4.68. The molecule has 1 heterocycles. The molecule has 0 aliphatic carbocycles. The first-order valence-electron chi connectivity index (χ1n) is 3.78. The SMILES string of the molecule is CN1CCN[C@H]([SH](C)C)C1. The van der Waals surface area contributed by atoms with Crippen molar-refractivity contribution in [3.05, 3.63) is 0 Å². The number of thiol groups is 1. The van der Waals surface area contributed by atoms with Gasteiger partial charge in [-0.05, 0) is 19.6 Å². The number of hydrogen-bond donors (Lipinski definition) is 2. The molecule has 0 saturated carbocycles. The summed E-state index contributed by atoms with van der Waals surface area (Å²) in [7, 11) is 2.40. The second-order valence-corrected chi connectivity index (χ2v) is 5.75. The highest BCUT2D eigenvalue weighted by molar-refractivity contribution is 8.16. The van der Waals surface area contributed by atoms with E-state index in [0.29, 0.717) is 0 Å². The van der Waals surface area contributed by atoms with Crippen LogP contribution in [0.25, 0.3) is 0 Å². The summed E-state index contributed by atoms with van der Waals surface area (Å²) in [5.41, 5.74) is 0. The molecule has 62 valence electrons. The molecule has 0 unspecified atom stereocenters. The molecule has 0 aromatic carbocycles. The van der Waals surface area contributed by atoms with Crippen LogP contribution >= 0.6 is 10.9 Å². The van der Waals surface area contributed by atoms with Crippen LogP contribution < -0.4 is 5.32 Å². The molecule has 3 heteroatoms. The van der Waals surface area contributed by atoms with Gasteiger partial charge in [0.1, 0.15) is 0 Å². The smallest absolute Gasteiger partial charge is 0.0479 e. The standard InChI is InChI=1S/C7H18N2S/c1-9-5-4-8-7(6-9)10(2)3/h7-8,10H,4-6H2,1-3H3/t7-/m1/s1. The second kappa shape index (κ2) is 3.60. The van der Waals surface area contributed by atoms with E-state index < -0.39 is 0 Å². The van der Waals surface area contributed by atoms with Crippen molar-refractivity contribution in [1.29, 1.82) is 0 Å². The summed E-state index contributed by atoms with van der Waals surface area (Å²) in [4.78, 5) is 2.41. The molecule has 1 aliphatic rings. The van der Waals surface area contributed by atoms with Gasteiger partial charge in [0.15, 0.2) is 0 Å². The molecule has 1 saturated heterocycles. The molecule has 0 bridgehead atoms. The summed E-state index contributed by atoms with van der Waals surface area (Å²) in [6.45, 7) is 3.61. The number of nitrogens with zero attached hydrogens (tertiary/aromatic N) is 1. The molecular weight excluding hydrogens is 144 g/mol. The minimum atomic E-state index is 0.202. The Kier molecular flexibility index (Phi) is 3.01. The van der Waals surface area contributed by atoms with Gasteiger partial charge in [0, 0.05) is 25.0 Å². The van der Waals surface area contributed by atoms with Crippen LogP contribution in [0.1, 0.15) is 0 Å². The Bertz CT molecular complexity index is 106. The molecule has 10 heavy (non-hydrogen) atoms. The quantitative estimate of drug-likeness (QED) is 0.532. The van der Waals surface area contributed by atoms with E-state index in [-0.39, 0.29) is 10.9 Å². The Labute approximate surface area is 66.3 Å². The number of hydrogen-bond acceptors (Lipinski definition) is 2. The van der Waals surface area contributed by atoms with E-state index in [1.807, 2.05) is 0 Å². The summed E-state index contributed by atoms with van der Waals surface area (Å²) < 4.78 is 0. The zero-order valence-electron chi connectivity index (χ0n) is 7.09. The Morgan fingerprint density at radius 1 is 1.50 bits per heavy atom. The second-order valence-electron chi connectivity index (χ2n) is 3.20. The Balaban J connectivity index is 2.32. The lowest BCUT2D eigenvalue weighted by molar-refractivity contribution is 0.277. The Morgan fingerprint density at radius 2 is 2.20 bits per heavy atom. The van der Waals surface area contributed by atoms with Crippen LogP contribution in [-0.2, 0) is 0 Å². The predicted molar refractivity (Wildman–Crippen MR) is 50.1 cm³/mol. The third kappa shape index (κ3) is 2.15. The molecule has 0 aromatic heterocycles.